The highest BCUT2D eigenvalue weighted by molar-refractivity contribution is 5.93. The number of aromatic nitrogens is 6. The standard InChI is InChI=1S/C19H23N5O5.C10H17NO2.C8H8N4O2.ClH/c1-28-15(25)12-11-14(24-13(21-12)3-10-20-24)22-17(27)23-19-7-4-18(5-8-19,6-9-19)16(26)29-2;1-13-8(12)9-2-5-10(11,6-3-9)7-4-9;1-14-8(13)5-4-6(9)12-7(11-5)2-3-10-12;/h3,10-11H,4-9H2,1-2H3,(H2,22,23,27);2-7,11H2,1H3;2-4H,9H2,1H3;1H. The van der Waals surface area contributed by atoms with Gasteiger partial charge in [0.15, 0.2) is 22.7 Å². The van der Waals surface area contributed by atoms with Crippen LogP contribution in [0.4, 0.5) is 16.4 Å². The molecule has 0 aromatic carbocycles. The molecule has 6 N–H and O–H groups in total. The van der Waals surface area contributed by atoms with Gasteiger partial charge in [-0.15, -0.1) is 12.4 Å². The number of carbonyl (C=O) groups is 5. The van der Waals surface area contributed by atoms with Crippen LogP contribution < -0.4 is 22.1 Å². The van der Waals surface area contributed by atoms with Crippen molar-refractivity contribution < 1.29 is 42.9 Å². The van der Waals surface area contributed by atoms with Gasteiger partial charge in [-0.3, -0.25) is 14.9 Å². The number of hydrogen-bond acceptors (Lipinski definition) is 15. The minimum Gasteiger partial charge on any atom is -0.469 e. The predicted molar refractivity (Wildman–Crippen MR) is 206 cm³/mol. The number of fused-ring (bicyclic) bond motifs is 8. The van der Waals surface area contributed by atoms with Gasteiger partial charge in [0.25, 0.3) is 0 Å². The third kappa shape index (κ3) is 8.58. The molecule has 0 spiro atoms. The summed E-state index contributed by atoms with van der Waals surface area (Å²) in [5, 5.41) is 13.9. The minimum atomic E-state index is -0.602. The van der Waals surface area contributed by atoms with Crippen molar-refractivity contribution in [3.63, 3.8) is 0 Å². The summed E-state index contributed by atoms with van der Waals surface area (Å²) in [6.07, 6.45) is 13.1. The Hall–Kier alpha value is -5.56. The number of nitrogens with two attached hydrogens (primary N) is 2. The van der Waals surface area contributed by atoms with Crippen LogP contribution in [0, 0.1) is 10.8 Å². The van der Waals surface area contributed by atoms with E-state index in [9.17, 15) is 24.0 Å². The van der Waals surface area contributed by atoms with Crippen LogP contribution in [-0.4, -0.2) is 98.6 Å². The molecule has 6 aliphatic carbocycles. The number of nitrogen functional groups attached to an aromatic ring is 1. The summed E-state index contributed by atoms with van der Waals surface area (Å²) in [6.45, 7) is 0. The number of hydrogen-bond donors (Lipinski definition) is 4. The monoisotopic (exact) mass is 812 g/mol. The highest BCUT2D eigenvalue weighted by atomic mass is 35.5. The first kappa shape index (κ1) is 42.6. The summed E-state index contributed by atoms with van der Waals surface area (Å²) < 4.78 is 22.0. The zero-order valence-corrected chi connectivity index (χ0v) is 33.2. The molecule has 0 saturated heterocycles. The molecular formula is C37H49ClN10O9. The van der Waals surface area contributed by atoms with Gasteiger partial charge >= 0.3 is 29.9 Å². The van der Waals surface area contributed by atoms with Gasteiger partial charge in [0.2, 0.25) is 0 Å². The Labute approximate surface area is 334 Å². The Balaban J connectivity index is 0.000000184. The fourth-order valence-corrected chi connectivity index (χ4v) is 8.38. The van der Waals surface area contributed by atoms with Crippen LogP contribution in [0.5, 0.6) is 0 Å². The zero-order valence-electron chi connectivity index (χ0n) is 32.4. The molecule has 6 saturated carbocycles. The molecule has 19 nitrogen and oxygen atoms in total. The average molecular weight is 813 g/mol. The third-order valence-electron chi connectivity index (χ3n) is 11.9. The number of amides is 2. The van der Waals surface area contributed by atoms with Crippen LogP contribution in [0.25, 0.3) is 11.3 Å². The number of nitrogens with one attached hydrogen (secondary N) is 2. The van der Waals surface area contributed by atoms with Crippen LogP contribution in [-0.2, 0) is 28.5 Å². The maximum absolute atomic E-state index is 12.8. The number of methoxy groups -OCH3 is 4. The quantitative estimate of drug-likeness (QED) is 0.160. The lowest BCUT2D eigenvalue weighted by Gasteiger charge is -2.51. The van der Waals surface area contributed by atoms with Crippen LogP contribution >= 0.6 is 12.4 Å². The Morgan fingerprint density at radius 2 is 1.09 bits per heavy atom. The van der Waals surface area contributed by atoms with Gasteiger partial charge in [-0.1, -0.05) is 0 Å². The Bertz CT molecular complexity index is 2100. The highest BCUT2D eigenvalue weighted by Gasteiger charge is 2.54. The molecule has 0 aliphatic heterocycles. The number of urea groups is 1. The topological polar surface area (TPSA) is 259 Å². The van der Waals surface area contributed by atoms with Crippen LogP contribution in [0.2, 0.25) is 0 Å². The molecule has 57 heavy (non-hydrogen) atoms. The highest BCUT2D eigenvalue weighted by Crippen LogP contribution is 2.53. The summed E-state index contributed by atoms with van der Waals surface area (Å²) >= 11 is 0. The normalized spacial score (nSPS) is 25.4. The van der Waals surface area contributed by atoms with E-state index in [1.807, 2.05) is 0 Å². The molecule has 2 amide bonds. The van der Waals surface area contributed by atoms with E-state index in [0.29, 0.717) is 42.2 Å². The van der Waals surface area contributed by atoms with Gasteiger partial charge < -0.3 is 35.7 Å². The Morgan fingerprint density at radius 3 is 1.56 bits per heavy atom. The predicted octanol–water partition coefficient (Wildman–Crippen LogP) is 3.63. The lowest BCUT2D eigenvalue weighted by atomic mass is 9.57. The van der Waals surface area contributed by atoms with E-state index in [0.717, 1.165) is 57.8 Å². The first-order chi connectivity index (χ1) is 26.7. The molecule has 0 radical (unpaired) electrons. The van der Waals surface area contributed by atoms with E-state index < -0.39 is 23.4 Å². The first-order valence-electron chi connectivity index (χ1n) is 18.4. The summed E-state index contributed by atoms with van der Waals surface area (Å²) in [4.78, 5) is 67.7. The SMILES string of the molecule is COC(=O)C12CCC(N)(CC1)CC2.COC(=O)c1cc(N)n2nccc2n1.COC(=O)c1cc(NC(=O)NC23CCC(C(=O)OC)(CC2)CC3)n2nccc2n1.Cl. The minimum absolute atomic E-state index is 0. The molecule has 0 unspecified atom stereocenters. The van der Waals surface area contributed by atoms with E-state index in [2.05, 4.69) is 35.5 Å². The smallest absolute Gasteiger partial charge is 0.356 e. The van der Waals surface area contributed by atoms with Crippen molar-refractivity contribution in [2.75, 3.05) is 39.5 Å². The van der Waals surface area contributed by atoms with Crippen molar-refractivity contribution >= 4 is 65.2 Å². The number of anilines is 2. The van der Waals surface area contributed by atoms with Crippen LogP contribution in [0.3, 0.4) is 0 Å². The van der Waals surface area contributed by atoms with Crippen molar-refractivity contribution in [2.45, 2.75) is 88.1 Å². The zero-order chi connectivity index (χ0) is 40.3. The molecule has 4 heterocycles. The van der Waals surface area contributed by atoms with Gasteiger partial charge in [0.1, 0.15) is 11.6 Å². The van der Waals surface area contributed by atoms with Crippen molar-refractivity contribution in [1.82, 2.24) is 34.5 Å². The van der Waals surface area contributed by atoms with E-state index >= 15 is 0 Å². The van der Waals surface area contributed by atoms with E-state index in [4.69, 9.17) is 25.7 Å². The van der Waals surface area contributed by atoms with Crippen LogP contribution in [0.15, 0.2) is 36.7 Å². The number of nitrogens with zero attached hydrogens (tertiary/aromatic N) is 6. The van der Waals surface area contributed by atoms with Crippen molar-refractivity contribution in [3.05, 3.63) is 48.0 Å². The summed E-state index contributed by atoms with van der Waals surface area (Å²) in [5.74, 6) is -0.627. The van der Waals surface area contributed by atoms with Gasteiger partial charge in [0.05, 0.1) is 51.7 Å². The van der Waals surface area contributed by atoms with Gasteiger partial charge in [-0.2, -0.15) is 19.2 Å². The molecule has 0 atom stereocenters. The number of ether oxygens (including phenoxy) is 4. The number of rotatable bonds is 6. The third-order valence-corrected chi connectivity index (χ3v) is 11.9. The van der Waals surface area contributed by atoms with E-state index in [1.165, 1.54) is 55.8 Å². The average Bonchev–Trinajstić information content (AvgIpc) is 3.92. The fourth-order valence-electron chi connectivity index (χ4n) is 8.38. The number of esters is 4. The van der Waals surface area contributed by atoms with E-state index in [1.54, 1.807) is 18.3 Å². The molecule has 6 aliphatic rings. The van der Waals surface area contributed by atoms with Crippen molar-refractivity contribution in [1.29, 1.82) is 0 Å². The first-order valence-corrected chi connectivity index (χ1v) is 18.4. The van der Waals surface area contributed by atoms with E-state index in [-0.39, 0.29) is 52.2 Å². The largest absolute Gasteiger partial charge is 0.469 e. The molecule has 4 aromatic rings. The van der Waals surface area contributed by atoms with Gasteiger partial charge in [0, 0.05) is 35.3 Å². The van der Waals surface area contributed by atoms with Gasteiger partial charge in [-0.05, 0) is 77.0 Å². The maximum Gasteiger partial charge on any atom is 0.356 e. The molecule has 4 bridgehead atoms. The van der Waals surface area contributed by atoms with Crippen molar-refractivity contribution in [3.8, 4) is 0 Å². The Kier molecular flexibility index (Phi) is 12.6. The number of carbonyl (C=O) groups excluding carboxylic acids is 5. The van der Waals surface area contributed by atoms with Gasteiger partial charge in [-0.25, -0.2) is 24.4 Å². The molecule has 308 valence electrons. The molecule has 10 rings (SSSR count). The van der Waals surface area contributed by atoms with Crippen molar-refractivity contribution in [2.24, 2.45) is 16.6 Å². The summed E-state index contributed by atoms with van der Waals surface area (Å²) in [6, 6.07) is 5.74. The molecular weight excluding hydrogens is 764 g/mol. The molecule has 4 aromatic heterocycles. The second-order valence-corrected chi connectivity index (χ2v) is 15.0. The maximum atomic E-state index is 12.8. The molecule has 6 fully saturated rings. The number of halogens is 1. The summed E-state index contributed by atoms with van der Waals surface area (Å²) in [5.41, 5.74) is 12.1. The Morgan fingerprint density at radius 1 is 0.649 bits per heavy atom. The second kappa shape index (κ2) is 16.9. The second-order valence-electron chi connectivity index (χ2n) is 15.0. The summed E-state index contributed by atoms with van der Waals surface area (Å²) in [7, 11) is 5.47. The van der Waals surface area contributed by atoms with Crippen LogP contribution in [0.1, 0.15) is 98.0 Å². The lowest BCUT2D eigenvalue weighted by Crippen LogP contribution is -2.59. The molecule has 20 heteroatoms. The fraction of sp³-hybridized carbons (Fsp3) is 0.541. The lowest BCUT2D eigenvalue weighted by molar-refractivity contribution is -0.160.